The molecule has 0 bridgehead atoms. The van der Waals surface area contributed by atoms with Crippen LogP contribution in [-0.2, 0) is 45.4 Å². The molecule has 22 nitrogen and oxygen atoms in total. The number of carbonyl (C=O) groups excluding carboxylic acids is 8. The van der Waals surface area contributed by atoms with Crippen LogP contribution in [0.3, 0.4) is 0 Å². The van der Waals surface area contributed by atoms with Gasteiger partial charge in [-0.1, -0.05) is 17.8 Å². The molecule has 2 fully saturated rings. The van der Waals surface area contributed by atoms with Gasteiger partial charge in [0.05, 0.1) is 0 Å². The van der Waals surface area contributed by atoms with Gasteiger partial charge in [0.25, 0.3) is 5.91 Å². The molecule has 288 valence electrons. The Morgan fingerprint density at radius 2 is 1.80 bits per heavy atom. The number of thioether (sulfide) groups is 2. The third kappa shape index (κ3) is 8.61. The van der Waals surface area contributed by atoms with E-state index in [0.29, 0.717) is 15.6 Å². The molecule has 1 aromatic carbocycles. The molecule has 5 rings (SSSR count). The van der Waals surface area contributed by atoms with Gasteiger partial charge in [-0.3, -0.25) is 43.4 Å². The van der Waals surface area contributed by atoms with E-state index in [1.165, 1.54) is 15.6 Å². The Bertz CT molecular complexity index is 2000. The number of aryl methyl sites for hydroxylation is 1. The van der Waals surface area contributed by atoms with E-state index in [-0.39, 0.29) is 91.3 Å². The summed E-state index contributed by atoms with van der Waals surface area (Å²) in [6, 6.07) is 0.419. The molecule has 2 aromatic rings. The molecule has 1 unspecified atom stereocenters. The summed E-state index contributed by atoms with van der Waals surface area (Å²) in [5.41, 5.74) is -2.43. The summed E-state index contributed by atoms with van der Waals surface area (Å²) in [6.07, 6.45) is 0.129. The third-order valence-corrected chi connectivity index (χ3v) is 10.7. The molecule has 0 aliphatic carbocycles. The van der Waals surface area contributed by atoms with Crippen molar-refractivity contribution in [3.05, 3.63) is 35.0 Å². The van der Waals surface area contributed by atoms with Crippen molar-refractivity contribution in [3.63, 3.8) is 0 Å². The summed E-state index contributed by atoms with van der Waals surface area (Å²) in [5, 5.41) is 27.6. The van der Waals surface area contributed by atoms with Crippen molar-refractivity contribution in [2.75, 3.05) is 31.1 Å². The molecule has 25 heteroatoms. The average molecular weight is 813 g/mol. The van der Waals surface area contributed by atoms with Crippen LogP contribution in [0.15, 0.2) is 34.6 Å². The molecule has 1 aromatic heterocycles. The van der Waals surface area contributed by atoms with Gasteiger partial charge in [-0.25, -0.2) is 14.3 Å². The maximum Gasteiger partial charge on any atom is 1.00 e. The number of nitrogens with zero attached hydrogens (tertiary/aromatic N) is 7. The summed E-state index contributed by atoms with van der Waals surface area (Å²) < 4.78 is 11.6. The molecular formula is C30H33N10NaO12S2. The molecule has 0 saturated carbocycles. The van der Waals surface area contributed by atoms with Crippen molar-refractivity contribution in [3.8, 4) is 11.5 Å². The van der Waals surface area contributed by atoms with Crippen LogP contribution < -0.4 is 55.0 Å². The molecule has 0 radical (unpaired) electrons. The smallest absolute Gasteiger partial charge is 1.00 e. The van der Waals surface area contributed by atoms with Crippen LogP contribution in [-0.4, -0.2) is 136 Å². The van der Waals surface area contributed by atoms with Crippen LogP contribution in [0.25, 0.3) is 0 Å². The van der Waals surface area contributed by atoms with E-state index < -0.39 is 64.6 Å². The summed E-state index contributed by atoms with van der Waals surface area (Å²) >= 11 is 2.15. The zero-order valence-corrected chi connectivity index (χ0v) is 33.5. The van der Waals surface area contributed by atoms with Gasteiger partial charge in [-0.2, -0.15) is 0 Å². The van der Waals surface area contributed by atoms with E-state index in [1.807, 2.05) is 0 Å². The number of carbonyl (C=O) groups is 9. The Hall–Kier alpha value is -5.04. The molecule has 3 atom stereocenters. The first-order valence-electron chi connectivity index (χ1n) is 15.8. The number of rotatable bonds is 13. The number of piperazine rings is 1. The molecule has 0 spiro atoms. The Balaban J connectivity index is 0.00000420. The van der Waals surface area contributed by atoms with Crippen LogP contribution in [0.2, 0.25) is 0 Å². The fourth-order valence-corrected chi connectivity index (χ4v) is 8.13. The number of ether oxygens (including phenoxy) is 2. The fourth-order valence-electron chi connectivity index (χ4n) is 5.72. The minimum Gasteiger partial charge on any atom is -1.00 e. The molecule has 3 aliphatic heterocycles. The fraction of sp³-hybridized carbons (Fsp3) is 0.400. The molecule has 3 aliphatic rings. The van der Waals surface area contributed by atoms with Gasteiger partial charge in [-0.15, -0.1) is 16.9 Å². The van der Waals surface area contributed by atoms with Crippen LogP contribution in [0.4, 0.5) is 4.79 Å². The van der Waals surface area contributed by atoms with Crippen molar-refractivity contribution in [1.29, 1.82) is 0 Å². The Kier molecular flexibility index (Phi) is 13.7. The Morgan fingerprint density at radius 1 is 1.11 bits per heavy atom. The van der Waals surface area contributed by atoms with Crippen molar-refractivity contribution in [1.82, 2.24) is 50.9 Å². The van der Waals surface area contributed by atoms with Gasteiger partial charge in [-0.05, 0) is 40.6 Å². The van der Waals surface area contributed by atoms with E-state index in [2.05, 4.69) is 31.5 Å². The van der Waals surface area contributed by atoms with E-state index in [9.17, 15) is 48.3 Å². The molecule has 55 heavy (non-hydrogen) atoms. The summed E-state index contributed by atoms with van der Waals surface area (Å²) in [5.74, 6) is -7.88. The zero-order chi connectivity index (χ0) is 39.5. The second-order valence-electron chi connectivity index (χ2n) is 11.6. The molecule has 4 N–H and O–H groups in total. The van der Waals surface area contributed by atoms with Crippen molar-refractivity contribution < 1.29 is 88.7 Å². The standard InChI is InChI=1S/C30H32N10O12S2.Na.H/c1-5-38-8-9-39(24(46)23(38)45)28(50)32-20(16-6-7-18(51-14(2)42)19(10-16)52-15(3)43)22(44)33-30(31-13-41)26(49)40-21(25(47)48)17(11-53-27(30)40)12-54-29-34-35-36-37(29)4;;/h6-7,10,13,20,27H,5,8-9,11-12H2,1-4H3,(H,31,41)(H,32,50)(H,33,44)(H,47,48);;/q;+1;-1/t20?,27-,30-;;/m1../s1. The normalized spacial score (nSPS) is 19.7. The number of β-lactam (4-membered cyclic amide) rings is 1. The Labute approximate surface area is 343 Å². The number of carboxylic acids is 1. The molecule has 4 heterocycles. The zero-order valence-electron chi connectivity index (χ0n) is 30.9. The van der Waals surface area contributed by atoms with Gasteiger partial charge in [0.2, 0.25) is 23.1 Å². The van der Waals surface area contributed by atoms with E-state index >= 15 is 0 Å². The minimum absolute atomic E-state index is 0. The van der Waals surface area contributed by atoms with Crippen LogP contribution in [0.1, 0.15) is 33.8 Å². The summed E-state index contributed by atoms with van der Waals surface area (Å²) in [4.78, 5) is 118. The van der Waals surface area contributed by atoms with Gasteiger partial charge in [0, 0.05) is 52.0 Å². The number of tetrazole rings is 1. The number of fused-ring (bicyclic) bond motifs is 1. The summed E-state index contributed by atoms with van der Waals surface area (Å²) in [6.45, 7) is 3.75. The number of carboxylic acid groups (broad SMARTS) is 1. The number of urea groups is 1. The number of esters is 2. The second-order valence-corrected chi connectivity index (χ2v) is 13.7. The van der Waals surface area contributed by atoms with Gasteiger partial charge < -0.3 is 36.9 Å². The van der Waals surface area contributed by atoms with Crippen molar-refractivity contribution >= 4 is 77.5 Å². The number of amides is 7. The third-order valence-electron chi connectivity index (χ3n) is 8.19. The molecular weight excluding hydrogens is 780 g/mol. The monoisotopic (exact) mass is 812 g/mol. The largest absolute Gasteiger partial charge is 1.00 e. The number of hydrogen-bond donors (Lipinski definition) is 4. The van der Waals surface area contributed by atoms with E-state index in [1.54, 1.807) is 14.0 Å². The minimum atomic E-state index is -2.24. The first-order valence-corrected chi connectivity index (χ1v) is 17.9. The molecule has 7 amide bonds. The summed E-state index contributed by atoms with van der Waals surface area (Å²) in [7, 11) is 1.59. The Morgan fingerprint density at radius 3 is 2.40 bits per heavy atom. The van der Waals surface area contributed by atoms with Gasteiger partial charge in [0.1, 0.15) is 17.1 Å². The molecule has 2 saturated heterocycles. The van der Waals surface area contributed by atoms with Gasteiger partial charge in [0.15, 0.2) is 11.5 Å². The van der Waals surface area contributed by atoms with Crippen LogP contribution >= 0.6 is 23.5 Å². The van der Waals surface area contributed by atoms with Crippen molar-refractivity contribution in [2.24, 2.45) is 7.05 Å². The topological polar surface area (TPSA) is 282 Å². The van der Waals surface area contributed by atoms with Crippen LogP contribution in [0.5, 0.6) is 11.5 Å². The van der Waals surface area contributed by atoms with Gasteiger partial charge >= 0.3 is 65.3 Å². The first kappa shape index (κ1) is 42.7. The number of likely N-dealkylation sites (N-methyl/N-ethyl adjacent to an activating group) is 1. The number of benzene rings is 1. The number of aromatic nitrogens is 4. The predicted molar refractivity (Wildman–Crippen MR) is 183 cm³/mol. The average Bonchev–Trinajstić information content (AvgIpc) is 3.54. The SMILES string of the molecule is CCN1CCN(C(=O)NC(C(=O)N[C@]2(NC=O)C(=O)N3C(C(=O)O)=C(CSc4nnnn4C)CS[C@@H]32)c2ccc(OC(C)=O)c(OC(C)=O)c2)C(=O)C1=O.[H-].[Na+]. The first-order chi connectivity index (χ1) is 25.6. The number of nitrogens with one attached hydrogen (secondary N) is 3. The quantitative estimate of drug-likeness (QED) is 0.0216. The van der Waals surface area contributed by atoms with Crippen molar-refractivity contribution in [2.45, 2.75) is 43.0 Å². The van der Waals surface area contributed by atoms with E-state index in [4.69, 9.17) is 9.47 Å². The van der Waals surface area contributed by atoms with Crippen LogP contribution in [0, 0.1) is 0 Å². The maximum atomic E-state index is 14.3. The second kappa shape index (κ2) is 17.6. The van der Waals surface area contributed by atoms with E-state index in [0.717, 1.165) is 54.4 Å². The maximum absolute atomic E-state index is 14.3. The number of hydrogen-bond acceptors (Lipinski definition) is 16. The predicted octanol–water partition coefficient (Wildman–Crippen LogP) is -4.78. The number of imide groups is 1. The number of aliphatic carboxylic acids is 1.